The summed E-state index contributed by atoms with van der Waals surface area (Å²) >= 11 is 0. The first-order chi connectivity index (χ1) is 6.61. The number of rotatable bonds is 6. The van der Waals surface area contributed by atoms with Gasteiger partial charge in [-0.1, -0.05) is 13.3 Å². The zero-order valence-electron chi connectivity index (χ0n) is 9.55. The number of nitrogens with two attached hydrogens (primary N) is 1. The first-order valence-electron chi connectivity index (χ1n) is 5.27. The van der Waals surface area contributed by atoms with Crippen molar-refractivity contribution in [1.82, 2.24) is 10.2 Å². The Balaban J connectivity index is 3.74. The molecule has 4 nitrogen and oxygen atoms in total. The summed E-state index contributed by atoms with van der Waals surface area (Å²) in [7, 11) is 3.49. The predicted molar refractivity (Wildman–Crippen MR) is 59.2 cm³/mol. The van der Waals surface area contributed by atoms with Crippen LogP contribution in [0.15, 0.2) is 0 Å². The van der Waals surface area contributed by atoms with Gasteiger partial charge in [0.15, 0.2) is 0 Å². The average Bonchev–Trinajstić information content (AvgIpc) is 2.14. The predicted octanol–water partition coefficient (Wildman–Crippen LogP) is 1.02. The molecule has 2 amide bonds. The fourth-order valence-corrected chi connectivity index (χ4v) is 1.38. The molecule has 1 unspecified atom stereocenters. The standard InChI is InChI=1S/C10H23N3O/c1-4-5-9(6-7-11)8-12-10(14)13(2)3/h9H,4-8,11H2,1-3H3,(H,12,14). The first-order valence-corrected chi connectivity index (χ1v) is 5.27. The molecule has 0 heterocycles. The maximum atomic E-state index is 11.2. The molecule has 3 N–H and O–H groups in total. The van der Waals surface area contributed by atoms with Crippen molar-refractivity contribution in [2.24, 2.45) is 11.7 Å². The van der Waals surface area contributed by atoms with E-state index < -0.39 is 0 Å². The summed E-state index contributed by atoms with van der Waals surface area (Å²) < 4.78 is 0. The molecule has 14 heavy (non-hydrogen) atoms. The van der Waals surface area contributed by atoms with Crippen molar-refractivity contribution in [1.29, 1.82) is 0 Å². The molecule has 1 atom stereocenters. The van der Waals surface area contributed by atoms with Crippen molar-refractivity contribution in [3.63, 3.8) is 0 Å². The van der Waals surface area contributed by atoms with E-state index >= 15 is 0 Å². The van der Waals surface area contributed by atoms with Crippen LogP contribution in [-0.2, 0) is 0 Å². The molecule has 84 valence electrons. The van der Waals surface area contributed by atoms with E-state index in [1.807, 2.05) is 0 Å². The highest BCUT2D eigenvalue weighted by Gasteiger charge is 2.09. The van der Waals surface area contributed by atoms with Gasteiger partial charge in [-0.2, -0.15) is 0 Å². The van der Waals surface area contributed by atoms with Crippen LogP contribution in [0.5, 0.6) is 0 Å². The minimum Gasteiger partial charge on any atom is -0.338 e. The lowest BCUT2D eigenvalue weighted by Gasteiger charge is -2.18. The van der Waals surface area contributed by atoms with Crippen LogP contribution >= 0.6 is 0 Å². The number of carbonyl (C=O) groups is 1. The van der Waals surface area contributed by atoms with Crippen molar-refractivity contribution in [3.8, 4) is 0 Å². The smallest absolute Gasteiger partial charge is 0.316 e. The zero-order valence-corrected chi connectivity index (χ0v) is 9.55. The number of hydrogen-bond acceptors (Lipinski definition) is 2. The second kappa shape index (κ2) is 7.62. The third-order valence-electron chi connectivity index (χ3n) is 2.22. The van der Waals surface area contributed by atoms with E-state index in [9.17, 15) is 4.79 Å². The minimum atomic E-state index is -0.0249. The van der Waals surface area contributed by atoms with Gasteiger partial charge in [-0.05, 0) is 25.3 Å². The Hall–Kier alpha value is -0.770. The molecule has 0 spiro atoms. The van der Waals surface area contributed by atoms with Gasteiger partial charge in [0.05, 0.1) is 0 Å². The molecule has 0 aromatic rings. The SMILES string of the molecule is CCCC(CCN)CNC(=O)N(C)C. The lowest BCUT2D eigenvalue weighted by Crippen LogP contribution is -2.37. The van der Waals surface area contributed by atoms with Gasteiger partial charge in [0.1, 0.15) is 0 Å². The quantitative estimate of drug-likeness (QED) is 0.674. The molecule has 0 aliphatic rings. The second-order valence-corrected chi connectivity index (χ2v) is 3.81. The molecule has 0 saturated carbocycles. The molecule has 0 radical (unpaired) electrons. The van der Waals surface area contributed by atoms with Gasteiger partial charge in [-0.3, -0.25) is 0 Å². The number of amides is 2. The summed E-state index contributed by atoms with van der Waals surface area (Å²) in [5, 5.41) is 2.88. The van der Waals surface area contributed by atoms with Gasteiger partial charge in [-0.15, -0.1) is 0 Å². The molecule has 0 aliphatic heterocycles. The van der Waals surface area contributed by atoms with Crippen LogP contribution in [0.25, 0.3) is 0 Å². The normalized spacial score (nSPS) is 12.3. The molecule has 0 aliphatic carbocycles. The molecular weight excluding hydrogens is 178 g/mol. The number of nitrogens with one attached hydrogen (secondary N) is 1. The lowest BCUT2D eigenvalue weighted by atomic mass is 10.00. The van der Waals surface area contributed by atoms with E-state index in [2.05, 4.69) is 12.2 Å². The summed E-state index contributed by atoms with van der Waals surface area (Å²) in [6, 6.07) is -0.0249. The molecule has 0 aromatic heterocycles. The van der Waals surface area contributed by atoms with Gasteiger partial charge in [0.25, 0.3) is 0 Å². The van der Waals surface area contributed by atoms with Crippen molar-refractivity contribution >= 4 is 6.03 Å². The van der Waals surface area contributed by atoms with E-state index in [0.717, 1.165) is 25.8 Å². The number of hydrogen-bond donors (Lipinski definition) is 2. The van der Waals surface area contributed by atoms with E-state index in [0.29, 0.717) is 12.5 Å². The van der Waals surface area contributed by atoms with Crippen molar-refractivity contribution in [2.45, 2.75) is 26.2 Å². The maximum absolute atomic E-state index is 11.2. The Labute approximate surface area is 86.8 Å². The fourth-order valence-electron chi connectivity index (χ4n) is 1.38. The van der Waals surface area contributed by atoms with Gasteiger partial charge in [-0.25, -0.2) is 4.79 Å². The second-order valence-electron chi connectivity index (χ2n) is 3.81. The topological polar surface area (TPSA) is 58.4 Å². The Morgan fingerprint density at radius 2 is 2.07 bits per heavy atom. The Bertz CT molecular complexity index is 153. The van der Waals surface area contributed by atoms with Gasteiger partial charge >= 0.3 is 6.03 Å². The van der Waals surface area contributed by atoms with E-state index in [-0.39, 0.29) is 6.03 Å². The third-order valence-corrected chi connectivity index (χ3v) is 2.22. The summed E-state index contributed by atoms with van der Waals surface area (Å²) in [5.41, 5.74) is 5.50. The summed E-state index contributed by atoms with van der Waals surface area (Å²) in [5.74, 6) is 0.522. The molecule has 4 heteroatoms. The highest BCUT2D eigenvalue weighted by molar-refractivity contribution is 5.73. The zero-order chi connectivity index (χ0) is 11.0. The van der Waals surface area contributed by atoms with Crippen LogP contribution in [0.3, 0.4) is 0 Å². The molecular formula is C10H23N3O. The molecule has 0 aromatic carbocycles. The van der Waals surface area contributed by atoms with Crippen LogP contribution in [-0.4, -0.2) is 38.1 Å². The summed E-state index contributed by atoms with van der Waals surface area (Å²) in [6.45, 7) is 3.59. The number of carbonyl (C=O) groups excluding carboxylic acids is 1. The molecule has 0 saturated heterocycles. The lowest BCUT2D eigenvalue weighted by molar-refractivity contribution is 0.214. The largest absolute Gasteiger partial charge is 0.338 e. The van der Waals surface area contributed by atoms with Crippen LogP contribution in [0.2, 0.25) is 0 Å². The van der Waals surface area contributed by atoms with Crippen molar-refractivity contribution < 1.29 is 4.79 Å². The van der Waals surface area contributed by atoms with Gasteiger partial charge < -0.3 is 16.0 Å². The van der Waals surface area contributed by atoms with E-state index in [1.165, 1.54) is 0 Å². The van der Waals surface area contributed by atoms with E-state index in [1.54, 1.807) is 19.0 Å². The maximum Gasteiger partial charge on any atom is 0.316 e. The fraction of sp³-hybridized carbons (Fsp3) is 0.900. The summed E-state index contributed by atoms with van der Waals surface area (Å²) in [4.78, 5) is 12.8. The Kier molecular flexibility index (Phi) is 7.20. The highest BCUT2D eigenvalue weighted by Crippen LogP contribution is 2.08. The van der Waals surface area contributed by atoms with Gasteiger partial charge in [0.2, 0.25) is 0 Å². The molecule has 0 fully saturated rings. The van der Waals surface area contributed by atoms with Crippen LogP contribution in [0, 0.1) is 5.92 Å². The Morgan fingerprint density at radius 1 is 1.43 bits per heavy atom. The molecule has 0 bridgehead atoms. The Morgan fingerprint density at radius 3 is 2.50 bits per heavy atom. The van der Waals surface area contributed by atoms with Crippen molar-refractivity contribution in [3.05, 3.63) is 0 Å². The first kappa shape index (κ1) is 13.2. The monoisotopic (exact) mass is 201 g/mol. The molecule has 0 rings (SSSR count). The summed E-state index contributed by atoms with van der Waals surface area (Å²) in [6.07, 6.45) is 3.26. The van der Waals surface area contributed by atoms with Crippen molar-refractivity contribution in [2.75, 3.05) is 27.2 Å². The third kappa shape index (κ3) is 5.80. The number of nitrogens with zero attached hydrogens (tertiary/aromatic N) is 1. The van der Waals surface area contributed by atoms with E-state index in [4.69, 9.17) is 5.73 Å². The van der Waals surface area contributed by atoms with Gasteiger partial charge in [0, 0.05) is 20.6 Å². The minimum absolute atomic E-state index is 0.0249. The average molecular weight is 201 g/mol. The van der Waals surface area contributed by atoms with Crippen LogP contribution in [0.4, 0.5) is 4.79 Å². The highest BCUT2D eigenvalue weighted by atomic mass is 16.2. The van der Waals surface area contributed by atoms with Crippen LogP contribution < -0.4 is 11.1 Å². The number of urea groups is 1. The van der Waals surface area contributed by atoms with Crippen LogP contribution in [0.1, 0.15) is 26.2 Å².